The Morgan fingerprint density at radius 3 is 2.82 bits per heavy atom. The summed E-state index contributed by atoms with van der Waals surface area (Å²) < 4.78 is 13.0. The molecule has 0 aromatic carbocycles. The number of rotatable bonds is 3. The van der Waals surface area contributed by atoms with E-state index in [2.05, 4.69) is 19.5 Å². The molecule has 1 unspecified atom stereocenters. The first kappa shape index (κ1) is 13.2. The van der Waals surface area contributed by atoms with Crippen LogP contribution in [0, 0.1) is 0 Å². The van der Waals surface area contributed by atoms with E-state index in [9.17, 15) is 0 Å². The van der Waals surface area contributed by atoms with Crippen LogP contribution in [0.3, 0.4) is 0 Å². The second-order valence-corrected chi connectivity index (χ2v) is 5.30. The first-order chi connectivity index (χ1) is 10.9. The Hall–Kier alpha value is -2.47. The highest BCUT2D eigenvalue weighted by atomic mass is 16.5. The molecule has 3 aromatic heterocycles. The number of imidazole rings is 1. The van der Waals surface area contributed by atoms with Gasteiger partial charge in [0.2, 0.25) is 0 Å². The molecule has 0 saturated carbocycles. The molecule has 0 bridgehead atoms. The van der Waals surface area contributed by atoms with Crippen molar-refractivity contribution >= 4 is 0 Å². The Kier molecular flexibility index (Phi) is 3.44. The summed E-state index contributed by atoms with van der Waals surface area (Å²) in [5.74, 6) is 2.12. The predicted octanol–water partition coefficient (Wildman–Crippen LogP) is 2.95. The quantitative estimate of drug-likeness (QED) is 0.743. The van der Waals surface area contributed by atoms with E-state index in [0.29, 0.717) is 17.6 Å². The summed E-state index contributed by atoms with van der Waals surface area (Å²) in [6.45, 7) is 1.58. The van der Waals surface area contributed by atoms with Gasteiger partial charge in [0.05, 0.1) is 24.5 Å². The molecule has 112 valence electrons. The molecular formula is C16H16N4O2. The van der Waals surface area contributed by atoms with Crippen molar-refractivity contribution in [2.45, 2.75) is 18.9 Å². The molecule has 1 saturated heterocycles. The summed E-state index contributed by atoms with van der Waals surface area (Å²) in [5, 5.41) is 0. The number of ether oxygens (including phenoxy) is 1. The standard InChI is InChI=1S/C16H16N4O2/c1-3-13(11-21-7-1)20-6-5-17-16(20)12-9-18-15(19-10-12)14-4-2-8-22-14/h2,4-6,8-10,13H,1,3,7,11H2. The van der Waals surface area contributed by atoms with Gasteiger partial charge in [-0.25, -0.2) is 15.0 Å². The normalized spacial score (nSPS) is 18.5. The smallest absolute Gasteiger partial charge is 0.195 e. The zero-order chi connectivity index (χ0) is 14.8. The van der Waals surface area contributed by atoms with Crippen LogP contribution in [0.2, 0.25) is 0 Å². The topological polar surface area (TPSA) is 66.0 Å². The fourth-order valence-electron chi connectivity index (χ4n) is 2.75. The lowest BCUT2D eigenvalue weighted by atomic mass is 10.1. The molecule has 1 aliphatic heterocycles. The largest absolute Gasteiger partial charge is 0.461 e. The first-order valence-corrected chi connectivity index (χ1v) is 7.39. The van der Waals surface area contributed by atoms with Crippen LogP contribution in [0.4, 0.5) is 0 Å². The molecule has 22 heavy (non-hydrogen) atoms. The molecule has 3 aromatic rings. The van der Waals surface area contributed by atoms with E-state index in [-0.39, 0.29) is 0 Å². The second kappa shape index (κ2) is 5.73. The van der Waals surface area contributed by atoms with E-state index >= 15 is 0 Å². The summed E-state index contributed by atoms with van der Waals surface area (Å²) in [7, 11) is 0. The minimum atomic E-state index is 0.330. The predicted molar refractivity (Wildman–Crippen MR) is 80.0 cm³/mol. The molecule has 1 aliphatic rings. The molecule has 6 heteroatoms. The van der Waals surface area contributed by atoms with Gasteiger partial charge in [-0.05, 0) is 25.0 Å². The lowest BCUT2D eigenvalue weighted by Crippen LogP contribution is -2.21. The fourth-order valence-corrected chi connectivity index (χ4v) is 2.75. The second-order valence-electron chi connectivity index (χ2n) is 5.30. The van der Waals surface area contributed by atoms with Gasteiger partial charge >= 0.3 is 0 Å². The minimum absolute atomic E-state index is 0.330. The Bertz CT molecular complexity index is 728. The van der Waals surface area contributed by atoms with Crippen molar-refractivity contribution in [1.82, 2.24) is 19.5 Å². The van der Waals surface area contributed by atoms with Gasteiger partial charge < -0.3 is 13.7 Å². The van der Waals surface area contributed by atoms with Crippen LogP contribution >= 0.6 is 0 Å². The number of furan rings is 1. The fraction of sp³-hybridized carbons (Fsp3) is 0.312. The van der Waals surface area contributed by atoms with Crippen molar-refractivity contribution in [2.75, 3.05) is 13.2 Å². The summed E-state index contributed by atoms with van der Waals surface area (Å²) in [6.07, 6.45) is 11.2. The minimum Gasteiger partial charge on any atom is -0.461 e. The molecular weight excluding hydrogens is 280 g/mol. The third-order valence-electron chi connectivity index (χ3n) is 3.85. The lowest BCUT2D eigenvalue weighted by Gasteiger charge is -2.24. The SMILES string of the molecule is c1coc(-c2ncc(-c3nccn3C3CCCOC3)cn2)c1. The van der Waals surface area contributed by atoms with Crippen LogP contribution in [0.15, 0.2) is 47.6 Å². The van der Waals surface area contributed by atoms with Gasteiger partial charge in [0, 0.05) is 31.4 Å². The molecule has 6 nitrogen and oxygen atoms in total. The summed E-state index contributed by atoms with van der Waals surface area (Å²) in [4.78, 5) is 13.2. The van der Waals surface area contributed by atoms with Gasteiger partial charge in [-0.1, -0.05) is 0 Å². The number of aromatic nitrogens is 4. The van der Waals surface area contributed by atoms with Crippen LogP contribution in [-0.4, -0.2) is 32.7 Å². The molecule has 4 heterocycles. The zero-order valence-electron chi connectivity index (χ0n) is 12.1. The van der Waals surface area contributed by atoms with Crippen molar-refractivity contribution in [1.29, 1.82) is 0 Å². The van der Waals surface area contributed by atoms with Crippen molar-refractivity contribution in [3.63, 3.8) is 0 Å². The summed E-state index contributed by atoms with van der Waals surface area (Å²) in [5.41, 5.74) is 0.894. The Morgan fingerprint density at radius 1 is 1.18 bits per heavy atom. The molecule has 0 N–H and O–H groups in total. The van der Waals surface area contributed by atoms with Crippen LogP contribution in [0.25, 0.3) is 23.0 Å². The monoisotopic (exact) mass is 296 g/mol. The highest BCUT2D eigenvalue weighted by Gasteiger charge is 2.19. The first-order valence-electron chi connectivity index (χ1n) is 7.39. The van der Waals surface area contributed by atoms with E-state index in [1.54, 1.807) is 18.7 Å². The third-order valence-corrected chi connectivity index (χ3v) is 3.85. The lowest BCUT2D eigenvalue weighted by molar-refractivity contribution is 0.0597. The van der Waals surface area contributed by atoms with E-state index in [1.165, 1.54) is 0 Å². The highest BCUT2D eigenvalue weighted by Crippen LogP contribution is 2.26. The average molecular weight is 296 g/mol. The van der Waals surface area contributed by atoms with Crippen molar-refractivity contribution in [2.24, 2.45) is 0 Å². The molecule has 0 radical (unpaired) electrons. The summed E-state index contributed by atoms with van der Waals surface area (Å²) in [6, 6.07) is 3.99. The highest BCUT2D eigenvalue weighted by molar-refractivity contribution is 5.55. The third kappa shape index (κ3) is 2.42. The maximum absolute atomic E-state index is 5.57. The van der Waals surface area contributed by atoms with E-state index in [0.717, 1.165) is 37.4 Å². The van der Waals surface area contributed by atoms with E-state index < -0.39 is 0 Å². The molecule has 0 amide bonds. The number of hydrogen-bond acceptors (Lipinski definition) is 5. The molecule has 1 atom stereocenters. The molecule has 1 fully saturated rings. The van der Waals surface area contributed by atoms with Crippen molar-refractivity contribution in [3.8, 4) is 23.0 Å². The van der Waals surface area contributed by atoms with Gasteiger partial charge in [0.1, 0.15) is 5.82 Å². The number of hydrogen-bond donors (Lipinski definition) is 0. The van der Waals surface area contributed by atoms with Crippen molar-refractivity contribution in [3.05, 3.63) is 43.2 Å². The van der Waals surface area contributed by atoms with Crippen molar-refractivity contribution < 1.29 is 9.15 Å². The maximum atomic E-state index is 5.57. The Balaban J connectivity index is 1.63. The summed E-state index contributed by atoms with van der Waals surface area (Å²) >= 11 is 0. The molecule has 0 spiro atoms. The van der Waals surface area contributed by atoms with E-state index in [4.69, 9.17) is 9.15 Å². The van der Waals surface area contributed by atoms with Gasteiger partial charge in [-0.2, -0.15) is 0 Å². The number of nitrogens with zero attached hydrogens (tertiary/aromatic N) is 4. The van der Waals surface area contributed by atoms with Crippen LogP contribution in [-0.2, 0) is 4.74 Å². The molecule has 0 aliphatic carbocycles. The Labute approximate surface area is 127 Å². The van der Waals surface area contributed by atoms with E-state index in [1.807, 2.05) is 24.5 Å². The molecule has 4 rings (SSSR count). The van der Waals surface area contributed by atoms with Crippen LogP contribution in [0.5, 0.6) is 0 Å². The van der Waals surface area contributed by atoms with Gasteiger partial charge in [0.25, 0.3) is 0 Å². The van der Waals surface area contributed by atoms with Crippen LogP contribution < -0.4 is 0 Å². The van der Waals surface area contributed by atoms with Crippen LogP contribution in [0.1, 0.15) is 18.9 Å². The van der Waals surface area contributed by atoms with Gasteiger partial charge in [0.15, 0.2) is 11.6 Å². The average Bonchev–Trinajstić information content (AvgIpc) is 3.28. The Morgan fingerprint density at radius 2 is 2.09 bits per heavy atom. The van der Waals surface area contributed by atoms with Gasteiger partial charge in [-0.3, -0.25) is 0 Å². The van der Waals surface area contributed by atoms with Gasteiger partial charge in [-0.15, -0.1) is 0 Å². The maximum Gasteiger partial charge on any atom is 0.195 e. The zero-order valence-corrected chi connectivity index (χ0v) is 12.1.